The van der Waals surface area contributed by atoms with E-state index in [4.69, 9.17) is 4.74 Å². The third-order valence-corrected chi connectivity index (χ3v) is 3.71. The van der Waals surface area contributed by atoms with E-state index in [0.29, 0.717) is 11.7 Å². The molecule has 1 aromatic rings. The van der Waals surface area contributed by atoms with Crippen LogP contribution in [0.5, 0.6) is 5.75 Å². The molecule has 0 N–H and O–H groups in total. The van der Waals surface area contributed by atoms with Crippen LogP contribution in [0.3, 0.4) is 0 Å². The normalized spacial score (nSPS) is 23.9. The summed E-state index contributed by atoms with van der Waals surface area (Å²) < 4.78 is 5.64. The van der Waals surface area contributed by atoms with Crippen molar-refractivity contribution in [1.82, 2.24) is 0 Å². The van der Waals surface area contributed by atoms with E-state index in [-0.39, 0.29) is 5.92 Å². The number of ketones is 1. The first-order valence-corrected chi connectivity index (χ1v) is 6.48. The van der Waals surface area contributed by atoms with Gasteiger partial charge in [-0.15, -0.1) is 0 Å². The average molecular weight is 232 g/mol. The van der Waals surface area contributed by atoms with Gasteiger partial charge < -0.3 is 4.74 Å². The second-order valence-corrected chi connectivity index (χ2v) is 4.86. The molecule has 1 aliphatic rings. The number of carbonyl (C=O) groups is 1. The van der Waals surface area contributed by atoms with Crippen LogP contribution >= 0.6 is 0 Å². The number of ether oxygens (including phenoxy) is 1. The number of rotatable bonds is 5. The molecule has 2 rings (SSSR count). The minimum absolute atomic E-state index is 0.270. The Balaban J connectivity index is 1.65. The summed E-state index contributed by atoms with van der Waals surface area (Å²) in [6, 6.07) is 9.89. The summed E-state index contributed by atoms with van der Waals surface area (Å²) in [5, 5.41) is 0. The van der Waals surface area contributed by atoms with Crippen LogP contribution in [0.25, 0.3) is 0 Å². The number of benzene rings is 1. The van der Waals surface area contributed by atoms with Gasteiger partial charge in [-0.3, -0.25) is 4.79 Å². The third-order valence-electron chi connectivity index (χ3n) is 3.71. The first-order valence-electron chi connectivity index (χ1n) is 6.48. The molecule has 0 bridgehead atoms. The molecule has 2 nitrogen and oxygen atoms in total. The van der Waals surface area contributed by atoms with Crippen molar-refractivity contribution in [2.75, 3.05) is 6.61 Å². The first kappa shape index (κ1) is 12.2. The van der Waals surface area contributed by atoms with E-state index >= 15 is 0 Å². The fourth-order valence-corrected chi connectivity index (χ4v) is 2.51. The smallest absolute Gasteiger partial charge is 0.135 e. The lowest BCUT2D eigenvalue weighted by Gasteiger charge is -2.13. The number of para-hydroxylation sites is 1. The van der Waals surface area contributed by atoms with Gasteiger partial charge in [0, 0.05) is 12.3 Å². The molecule has 92 valence electrons. The van der Waals surface area contributed by atoms with Gasteiger partial charge in [0.1, 0.15) is 11.5 Å². The van der Waals surface area contributed by atoms with Crippen LogP contribution in [0.4, 0.5) is 0 Å². The molecular formula is C15H20O2. The molecule has 1 fully saturated rings. The van der Waals surface area contributed by atoms with Gasteiger partial charge in [0.05, 0.1) is 6.61 Å². The lowest BCUT2D eigenvalue weighted by molar-refractivity contribution is -0.120. The maximum absolute atomic E-state index is 11.4. The molecule has 0 heterocycles. The maximum Gasteiger partial charge on any atom is 0.135 e. The highest BCUT2D eigenvalue weighted by Crippen LogP contribution is 2.31. The minimum Gasteiger partial charge on any atom is -0.494 e. The maximum atomic E-state index is 11.4. The third kappa shape index (κ3) is 3.32. The predicted octanol–water partition coefficient (Wildman–Crippen LogP) is 3.46. The lowest BCUT2D eigenvalue weighted by Crippen LogP contribution is -2.11. The summed E-state index contributed by atoms with van der Waals surface area (Å²) in [7, 11) is 0. The Hall–Kier alpha value is -1.31. The van der Waals surface area contributed by atoms with Crippen molar-refractivity contribution in [2.24, 2.45) is 11.8 Å². The van der Waals surface area contributed by atoms with Gasteiger partial charge >= 0.3 is 0 Å². The van der Waals surface area contributed by atoms with Crippen molar-refractivity contribution in [3.05, 3.63) is 30.3 Å². The average Bonchev–Trinajstić information content (AvgIpc) is 2.67. The van der Waals surface area contributed by atoms with E-state index in [1.807, 2.05) is 30.3 Å². The fourth-order valence-electron chi connectivity index (χ4n) is 2.51. The van der Waals surface area contributed by atoms with Crippen LogP contribution < -0.4 is 4.74 Å². The molecule has 2 heteroatoms. The summed E-state index contributed by atoms with van der Waals surface area (Å²) in [5.41, 5.74) is 0. The molecule has 0 saturated heterocycles. The molecule has 0 spiro atoms. The Morgan fingerprint density at radius 1 is 1.29 bits per heavy atom. The van der Waals surface area contributed by atoms with Crippen LogP contribution in [0.15, 0.2) is 30.3 Å². The lowest BCUT2D eigenvalue weighted by atomic mass is 9.93. The molecular weight excluding hydrogens is 212 g/mol. The van der Waals surface area contributed by atoms with E-state index in [1.165, 1.54) is 0 Å². The van der Waals surface area contributed by atoms with Gasteiger partial charge in [-0.1, -0.05) is 25.1 Å². The summed E-state index contributed by atoms with van der Waals surface area (Å²) >= 11 is 0. The molecule has 0 aromatic heterocycles. The largest absolute Gasteiger partial charge is 0.494 e. The molecule has 1 saturated carbocycles. The fraction of sp³-hybridized carbons (Fsp3) is 0.533. The van der Waals surface area contributed by atoms with E-state index in [1.54, 1.807) is 0 Å². The van der Waals surface area contributed by atoms with E-state index in [0.717, 1.165) is 38.0 Å². The van der Waals surface area contributed by atoms with Crippen LogP contribution in [0, 0.1) is 11.8 Å². The zero-order valence-electron chi connectivity index (χ0n) is 10.4. The van der Waals surface area contributed by atoms with Gasteiger partial charge in [0.15, 0.2) is 0 Å². The van der Waals surface area contributed by atoms with Crippen LogP contribution in [0.2, 0.25) is 0 Å². The Bertz CT molecular complexity index is 358. The Kier molecular flexibility index (Phi) is 4.18. The van der Waals surface area contributed by atoms with Crippen molar-refractivity contribution >= 4 is 5.78 Å². The van der Waals surface area contributed by atoms with Crippen molar-refractivity contribution in [2.45, 2.75) is 32.6 Å². The van der Waals surface area contributed by atoms with Crippen molar-refractivity contribution in [3.63, 3.8) is 0 Å². The molecule has 17 heavy (non-hydrogen) atoms. The Morgan fingerprint density at radius 2 is 2.06 bits per heavy atom. The number of hydrogen-bond acceptors (Lipinski definition) is 2. The molecule has 2 atom stereocenters. The molecule has 0 amide bonds. The topological polar surface area (TPSA) is 26.3 Å². The van der Waals surface area contributed by atoms with Crippen LogP contribution in [-0.2, 0) is 4.79 Å². The zero-order chi connectivity index (χ0) is 12.1. The second-order valence-electron chi connectivity index (χ2n) is 4.86. The number of carbonyl (C=O) groups excluding carboxylic acids is 1. The highest BCUT2D eigenvalue weighted by molar-refractivity contribution is 5.82. The first-order chi connectivity index (χ1) is 8.27. The van der Waals surface area contributed by atoms with Crippen molar-refractivity contribution < 1.29 is 9.53 Å². The Labute approximate surface area is 103 Å². The molecule has 0 radical (unpaired) electrons. The second kappa shape index (κ2) is 5.85. The van der Waals surface area contributed by atoms with E-state index in [2.05, 4.69) is 6.92 Å². The number of hydrogen-bond donors (Lipinski definition) is 0. The quantitative estimate of drug-likeness (QED) is 0.727. The van der Waals surface area contributed by atoms with Gasteiger partial charge in [-0.05, 0) is 37.3 Å². The van der Waals surface area contributed by atoms with Crippen LogP contribution in [-0.4, -0.2) is 12.4 Å². The summed E-state index contributed by atoms with van der Waals surface area (Å²) in [4.78, 5) is 11.4. The minimum atomic E-state index is 0.270. The zero-order valence-corrected chi connectivity index (χ0v) is 10.4. The summed E-state index contributed by atoms with van der Waals surface area (Å²) in [6.07, 6.45) is 4.01. The van der Waals surface area contributed by atoms with Crippen molar-refractivity contribution in [3.8, 4) is 5.75 Å². The Morgan fingerprint density at radius 3 is 2.71 bits per heavy atom. The SMILES string of the molecule is CC1C(=O)CCC1CCCOc1ccccc1. The predicted molar refractivity (Wildman–Crippen MR) is 68.1 cm³/mol. The van der Waals surface area contributed by atoms with Gasteiger partial charge in [0.2, 0.25) is 0 Å². The van der Waals surface area contributed by atoms with Gasteiger partial charge in [-0.2, -0.15) is 0 Å². The van der Waals surface area contributed by atoms with Gasteiger partial charge in [-0.25, -0.2) is 0 Å². The highest BCUT2D eigenvalue weighted by atomic mass is 16.5. The molecule has 1 aromatic carbocycles. The van der Waals surface area contributed by atoms with E-state index in [9.17, 15) is 4.79 Å². The molecule has 0 aliphatic heterocycles. The number of Topliss-reactive ketones (excluding diaryl/α,β-unsaturated/α-hetero) is 1. The van der Waals surface area contributed by atoms with Gasteiger partial charge in [0.25, 0.3) is 0 Å². The monoisotopic (exact) mass is 232 g/mol. The summed E-state index contributed by atoms with van der Waals surface area (Å²) in [5.74, 6) is 2.23. The summed E-state index contributed by atoms with van der Waals surface area (Å²) in [6.45, 7) is 2.82. The standard InChI is InChI=1S/C15H20O2/c1-12-13(9-10-15(12)16)6-5-11-17-14-7-3-2-4-8-14/h2-4,7-8,12-13H,5-6,9-11H2,1H3. The van der Waals surface area contributed by atoms with E-state index < -0.39 is 0 Å². The molecule has 2 unspecified atom stereocenters. The highest BCUT2D eigenvalue weighted by Gasteiger charge is 2.29. The van der Waals surface area contributed by atoms with Crippen LogP contribution in [0.1, 0.15) is 32.6 Å². The van der Waals surface area contributed by atoms with Crippen molar-refractivity contribution in [1.29, 1.82) is 0 Å². The molecule has 1 aliphatic carbocycles.